The molecule has 0 bridgehead atoms. The molecular weight excluding hydrogens is 372 g/mol. The Labute approximate surface area is 177 Å². The second-order valence-electron chi connectivity index (χ2n) is 7.70. The minimum absolute atomic E-state index is 0.184. The van der Waals surface area contributed by atoms with Crippen LogP contribution in [-0.4, -0.2) is 37.7 Å². The molecule has 170 valence electrons. The van der Waals surface area contributed by atoms with Crippen molar-refractivity contribution in [1.82, 2.24) is 0 Å². The van der Waals surface area contributed by atoms with E-state index in [-0.39, 0.29) is 5.97 Å². The molecule has 0 saturated heterocycles. The lowest BCUT2D eigenvalue weighted by molar-refractivity contribution is -0.165. The highest BCUT2D eigenvalue weighted by atomic mass is 16.6. The van der Waals surface area contributed by atoms with E-state index in [4.69, 9.17) is 9.47 Å². The van der Waals surface area contributed by atoms with E-state index in [2.05, 4.69) is 4.74 Å². The summed E-state index contributed by atoms with van der Waals surface area (Å²) in [4.78, 5) is 33.2. The number of hydrogen-bond donors (Lipinski definition) is 0. The first-order valence-corrected chi connectivity index (χ1v) is 11.4. The zero-order valence-electron chi connectivity index (χ0n) is 18.8. The predicted molar refractivity (Wildman–Crippen MR) is 113 cm³/mol. The van der Waals surface area contributed by atoms with Crippen molar-refractivity contribution in [1.29, 1.82) is 0 Å². The standard InChI is InChI=1S/C23H42O6/c1-20(24)28-19-17-15-13-11-9-7-5-4-6-8-10-12-14-16-18-22(23(26)27-3)29-21(2)25/h22H,4-19H2,1-3H3. The van der Waals surface area contributed by atoms with Crippen LogP contribution in [0.5, 0.6) is 0 Å². The molecule has 0 amide bonds. The van der Waals surface area contributed by atoms with Crippen LogP contribution >= 0.6 is 0 Å². The van der Waals surface area contributed by atoms with Crippen LogP contribution in [-0.2, 0) is 28.6 Å². The SMILES string of the molecule is COC(=O)C(CCCCCCCCCCCCCCCCOC(C)=O)OC(C)=O. The van der Waals surface area contributed by atoms with Crippen molar-refractivity contribution in [2.45, 2.75) is 116 Å². The van der Waals surface area contributed by atoms with Crippen LogP contribution in [0.3, 0.4) is 0 Å². The summed E-state index contributed by atoms with van der Waals surface area (Å²) < 4.78 is 14.6. The molecule has 0 aliphatic rings. The number of ether oxygens (including phenoxy) is 3. The summed E-state index contributed by atoms with van der Waals surface area (Å²) in [5.74, 6) is -1.10. The zero-order chi connectivity index (χ0) is 21.7. The molecule has 0 aromatic heterocycles. The van der Waals surface area contributed by atoms with Gasteiger partial charge in [0, 0.05) is 13.8 Å². The van der Waals surface area contributed by atoms with Gasteiger partial charge in [-0.25, -0.2) is 4.79 Å². The number of methoxy groups -OCH3 is 1. The quantitative estimate of drug-likeness (QED) is 0.158. The van der Waals surface area contributed by atoms with Crippen molar-refractivity contribution in [3.8, 4) is 0 Å². The number of carbonyl (C=O) groups excluding carboxylic acids is 3. The van der Waals surface area contributed by atoms with Crippen LogP contribution in [0.15, 0.2) is 0 Å². The van der Waals surface area contributed by atoms with Gasteiger partial charge in [-0.15, -0.1) is 0 Å². The third-order valence-electron chi connectivity index (χ3n) is 4.94. The monoisotopic (exact) mass is 414 g/mol. The molecule has 6 heteroatoms. The third-order valence-corrected chi connectivity index (χ3v) is 4.94. The number of unbranched alkanes of at least 4 members (excludes halogenated alkanes) is 13. The summed E-state index contributed by atoms with van der Waals surface area (Å²) >= 11 is 0. The van der Waals surface area contributed by atoms with Crippen LogP contribution < -0.4 is 0 Å². The maximum Gasteiger partial charge on any atom is 0.347 e. The fourth-order valence-corrected chi connectivity index (χ4v) is 3.33. The van der Waals surface area contributed by atoms with Gasteiger partial charge in [0.15, 0.2) is 6.10 Å². The van der Waals surface area contributed by atoms with E-state index >= 15 is 0 Å². The summed E-state index contributed by atoms with van der Waals surface area (Å²) in [6.07, 6.45) is 16.5. The molecule has 0 saturated carbocycles. The number of carbonyl (C=O) groups is 3. The first kappa shape index (κ1) is 27.4. The summed E-state index contributed by atoms with van der Waals surface area (Å²) in [6, 6.07) is 0. The number of esters is 3. The molecule has 0 heterocycles. The molecule has 1 atom stereocenters. The average Bonchev–Trinajstić information content (AvgIpc) is 2.68. The lowest BCUT2D eigenvalue weighted by Gasteiger charge is -2.14. The molecule has 0 fully saturated rings. The Hall–Kier alpha value is -1.59. The summed E-state index contributed by atoms with van der Waals surface area (Å²) in [7, 11) is 1.31. The van der Waals surface area contributed by atoms with E-state index < -0.39 is 18.0 Å². The van der Waals surface area contributed by atoms with E-state index in [0.717, 1.165) is 32.1 Å². The first-order valence-electron chi connectivity index (χ1n) is 11.4. The Morgan fingerprint density at radius 1 is 0.621 bits per heavy atom. The Balaban J connectivity index is 3.33. The molecule has 6 nitrogen and oxygen atoms in total. The summed E-state index contributed by atoms with van der Waals surface area (Å²) in [5.41, 5.74) is 0. The molecule has 0 aromatic carbocycles. The number of rotatable bonds is 19. The second-order valence-corrected chi connectivity index (χ2v) is 7.70. The molecule has 0 rings (SSSR count). The molecule has 0 radical (unpaired) electrons. The Kier molecular flexibility index (Phi) is 18.6. The average molecular weight is 415 g/mol. The summed E-state index contributed by atoms with van der Waals surface area (Å²) in [5, 5.41) is 0. The Morgan fingerprint density at radius 2 is 1.03 bits per heavy atom. The van der Waals surface area contributed by atoms with Crippen molar-refractivity contribution in [2.24, 2.45) is 0 Å². The Morgan fingerprint density at radius 3 is 1.41 bits per heavy atom. The van der Waals surface area contributed by atoms with Crippen molar-refractivity contribution < 1.29 is 28.6 Å². The lowest BCUT2D eigenvalue weighted by Crippen LogP contribution is -2.27. The maximum atomic E-state index is 11.5. The van der Waals surface area contributed by atoms with Crippen molar-refractivity contribution in [3.63, 3.8) is 0 Å². The van der Waals surface area contributed by atoms with Crippen molar-refractivity contribution in [3.05, 3.63) is 0 Å². The highest BCUT2D eigenvalue weighted by molar-refractivity contribution is 5.78. The van der Waals surface area contributed by atoms with Gasteiger partial charge in [0.05, 0.1) is 13.7 Å². The van der Waals surface area contributed by atoms with Crippen LogP contribution in [0.4, 0.5) is 0 Å². The second kappa shape index (κ2) is 19.7. The number of hydrogen-bond acceptors (Lipinski definition) is 6. The van der Waals surface area contributed by atoms with Gasteiger partial charge >= 0.3 is 17.9 Å². The third kappa shape index (κ3) is 19.5. The van der Waals surface area contributed by atoms with Gasteiger partial charge in [0.2, 0.25) is 0 Å². The van der Waals surface area contributed by atoms with Crippen molar-refractivity contribution >= 4 is 17.9 Å². The van der Waals surface area contributed by atoms with Gasteiger partial charge in [-0.05, 0) is 19.3 Å². The molecule has 0 aromatic rings. The van der Waals surface area contributed by atoms with E-state index in [1.807, 2.05) is 0 Å². The smallest absolute Gasteiger partial charge is 0.347 e. The van der Waals surface area contributed by atoms with Gasteiger partial charge in [0.25, 0.3) is 0 Å². The van der Waals surface area contributed by atoms with E-state index in [1.165, 1.54) is 78.7 Å². The van der Waals surface area contributed by atoms with Gasteiger partial charge in [-0.3, -0.25) is 9.59 Å². The molecule has 0 spiro atoms. The largest absolute Gasteiger partial charge is 0.466 e. The van der Waals surface area contributed by atoms with Gasteiger partial charge in [-0.2, -0.15) is 0 Å². The van der Waals surface area contributed by atoms with Crippen LogP contribution in [0, 0.1) is 0 Å². The topological polar surface area (TPSA) is 78.9 Å². The zero-order valence-corrected chi connectivity index (χ0v) is 18.8. The van der Waals surface area contributed by atoms with Crippen LogP contribution in [0.1, 0.15) is 110 Å². The molecule has 0 aliphatic carbocycles. The highest BCUT2D eigenvalue weighted by Gasteiger charge is 2.21. The lowest BCUT2D eigenvalue weighted by atomic mass is 10.0. The van der Waals surface area contributed by atoms with Crippen LogP contribution in [0.2, 0.25) is 0 Å². The van der Waals surface area contributed by atoms with Crippen molar-refractivity contribution in [2.75, 3.05) is 13.7 Å². The van der Waals surface area contributed by atoms with Gasteiger partial charge < -0.3 is 14.2 Å². The molecular formula is C23H42O6. The Bertz CT molecular complexity index is 435. The van der Waals surface area contributed by atoms with E-state index in [1.54, 1.807) is 0 Å². The summed E-state index contributed by atoms with van der Waals surface area (Å²) in [6.45, 7) is 3.33. The minimum Gasteiger partial charge on any atom is -0.466 e. The predicted octanol–water partition coefficient (Wildman–Crippen LogP) is 5.51. The fraction of sp³-hybridized carbons (Fsp3) is 0.870. The van der Waals surface area contributed by atoms with Gasteiger partial charge in [-0.1, -0.05) is 77.0 Å². The van der Waals surface area contributed by atoms with Crippen LogP contribution in [0.25, 0.3) is 0 Å². The molecule has 0 aliphatic heterocycles. The highest BCUT2D eigenvalue weighted by Crippen LogP contribution is 2.15. The normalized spacial score (nSPS) is 11.7. The maximum absolute atomic E-state index is 11.5. The van der Waals surface area contributed by atoms with Gasteiger partial charge in [0.1, 0.15) is 0 Å². The fourth-order valence-electron chi connectivity index (χ4n) is 3.33. The van der Waals surface area contributed by atoms with E-state index in [0.29, 0.717) is 13.0 Å². The first-order chi connectivity index (χ1) is 14.0. The molecule has 0 N–H and O–H groups in total. The molecule has 29 heavy (non-hydrogen) atoms. The minimum atomic E-state index is -0.758. The molecule has 1 unspecified atom stereocenters. The van der Waals surface area contributed by atoms with E-state index in [9.17, 15) is 14.4 Å².